The van der Waals surface area contributed by atoms with E-state index in [9.17, 15) is 14.7 Å². The highest BCUT2D eigenvalue weighted by Crippen LogP contribution is 2.35. The van der Waals surface area contributed by atoms with Crippen molar-refractivity contribution in [2.75, 3.05) is 0 Å². The molecule has 0 aromatic carbocycles. The number of carboxylic acids is 1. The number of carbonyl (C=O) groups is 2. The molecule has 1 heterocycles. The van der Waals surface area contributed by atoms with Crippen molar-refractivity contribution in [1.29, 1.82) is 0 Å². The number of amides is 1. The van der Waals surface area contributed by atoms with Gasteiger partial charge in [-0.25, -0.2) is 0 Å². The summed E-state index contributed by atoms with van der Waals surface area (Å²) in [7, 11) is 0. The van der Waals surface area contributed by atoms with E-state index in [2.05, 4.69) is 0 Å². The lowest BCUT2D eigenvalue weighted by atomic mass is 9.76. The van der Waals surface area contributed by atoms with E-state index in [1.165, 1.54) is 0 Å². The number of rotatable bonds is 7. The highest BCUT2D eigenvalue weighted by Gasteiger charge is 2.42. The zero-order chi connectivity index (χ0) is 15.6. The first kappa shape index (κ1) is 16.0. The fraction of sp³-hybridized carbons (Fsp3) is 0.625. The highest BCUT2D eigenvalue weighted by molar-refractivity contribution is 7.09. The Morgan fingerprint density at radius 3 is 2.57 bits per heavy atom. The van der Waals surface area contributed by atoms with Crippen LogP contribution in [0.25, 0.3) is 0 Å². The summed E-state index contributed by atoms with van der Waals surface area (Å²) in [6.45, 7) is 6.01. The summed E-state index contributed by atoms with van der Waals surface area (Å²) in [5.41, 5.74) is -1.00. The van der Waals surface area contributed by atoms with Crippen LogP contribution in [-0.4, -0.2) is 27.9 Å². The maximum Gasteiger partial charge on any atom is 0.310 e. The second kappa shape index (κ2) is 6.18. The first-order chi connectivity index (χ1) is 9.84. The minimum atomic E-state index is -1.00. The van der Waals surface area contributed by atoms with Gasteiger partial charge in [0.15, 0.2) is 0 Å². The van der Waals surface area contributed by atoms with E-state index in [0.29, 0.717) is 12.6 Å². The number of hydrogen-bond acceptors (Lipinski definition) is 3. The molecular weight excluding hydrogens is 286 g/mol. The molecule has 116 valence electrons. The number of carboxylic acid groups (broad SMARTS) is 1. The molecule has 21 heavy (non-hydrogen) atoms. The lowest BCUT2D eigenvalue weighted by molar-refractivity contribution is -0.155. The van der Waals surface area contributed by atoms with Crippen LogP contribution in [0.2, 0.25) is 0 Å². The normalized spacial score (nSPS) is 17.5. The van der Waals surface area contributed by atoms with Gasteiger partial charge in [-0.3, -0.25) is 9.59 Å². The van der Waals surface area contributed by atoms with Crippen LogP contribution in [-0.2, 0) is 16.1 Å². The molecule has 0 bridgehead atoms. The standard InChI is InChI=1S/C16H23NO3S/c1-11(2)16(3,15(19)20)9-14(18)17(12-6-7-12)10-13-5-4-8-21-13/h4-5,8,11-12H,6-7,9-10H2,1-3H3,(H,19,20). The van der Waals surface area contributed by atoms with Crippen molar-refractivity contribution in [2.45, 2.75) is 52.6 Å². The van der Waals surface area contributed by atoms with Crippen LogP contribution in [0.3, 0.4) is 0 Å². The van der Waals surface area contributed by atoms with Gasteiger partial charge in [0.2, 0.25) is 5.91 Å². The molecule has 0 radical (unpaired) electrons. The predicted molar refractivity (Wildman–Crippen MR) is 83.1 cm³/mol. The molecule has 1 atom stereocenters. The lowest BCUT2D eigenvalue weighted by Gasteiger charge is -2.31. The fourth-order valence-electron chi connectivity index (χ4n) is 2.32. The monoisotopic (exact) mass is 309 g/mol. The molecule has 0 aliphatic heterocycles. The summed E-state index contributed by atoms with van der Waals surface area (Å²) >= 11 is 1.63. The van der Waals surface area contributed by atoms with Crippen LogP contribution in [0.15, 0.2) is 17.5 Å². The molecule has 0 saturated heterocycles. The van der Waals surface area contributed by atoms with Gasteiger partial charge in [-0.1, -0.05) is 19.9 Å². The number of aliphatic carboxylic acids is 1. The zero-order valence-electron chi connectivity index (χ0n) is 12.8. The molecule has 1 aliphatic rings. The van der Waals surface area contributed by atoms with Crippen molar-refractivity contribution in [2.24, 2.45) is 11.3 Å². The van der Waals surface area contributed by atoms with Crippen molar-refractivity contribution in [3.05, 3.63) is 22.4 Å². The van der Waals surface area contributed by atoms with Gasteiger partial charge in [-0.05, 0) is 37.1 Å². The summed E-state index contributed by atoms with van der Waals surface area (Å²) in [5.74, 6) is -1.01. The topological polar surface area (TPSA) is 57.6 Å². The molecule has 1 aromatic heterocycles. The molecule has 4 nitrogen and oxygen atoms in total. The van der Waals surface area contributed by atoms with Gasteiger partial charge < -0.3 is 10.0 Å². The molecule has 1 saturated carbocycles. The van der Waals surface area contributed by atoms with Gasteiger partial charge in [0.25, 0.3) is 0 Å². The molecule has 5 heteroatoms. The van der Waals surface area contributed by atoms with E-state index in [0.717, 1.165) is 17.7 Å². The summed E-state index contributed by atoms with van der Waals surface area (Å²) < 4.78 is 0. The summed E-state index contributed by atoms with van der Waals surface area (Å²) in [4.78, 5) is 27.2. The average Bonchev–Trinajstić information content (AvgIpc) is 3.11. The van der Waals surface area contributed by atoms with Gasteiger partial charge in [0.1, 0.15) is 0 Å². The lowest BCUT2D eigenvalue weighted by Crippen LogP contribution is -2.41. The Morgan fingerprint density at radius 2 is 2.14 bits per heavy atom. The SMILES string of the molecule is CC(C)C(C)(CC(=O)N(Cc1cccs1)C1CC1)C(=O)O. The molecule has 0 spiro atoms. The third-order valence-electron chi connectivity index (χ3n) is 4.50. The van der Waals surface area contributed by atoms with E-state index in [4.69, 9.17) is 0 Å². The quantitative estimate of drug-likeness (QED) is 0.840. The summed E-state index contributed by atoms with van der Waals surface area (Å²) in [5, 5.41) is 11.5. The first-order valence-electron chi connectivity index (χ1n) is 7.40. The van der Waals surface area contributed by atoms with Crippen molar-refractivity contribution in [3.63, 3.8) is 0 Å². The Labute approximate surface area is 129 Å². The number of hydrogen-bond donors (Lipinski definition) is 1. The van der Waals surface area contributed by atoms with Crippen LogP contribution < -0.4 is 0 Å². The van der Waals surface area contributed by atoms with Crippen molar-refractivity contribution in [3.8, 4) is 0 Å². The van der Waals surface area contributed by atoms with Gasteiger partial charge >= 0.3 is 5.97 Å². The predicted octanol–water partition coefficient (Wildman–Crippen LogP) is 3.38. The largest absolute Gasteiger partial charge is 0.481 e. The van der Waals surface area contributed by atoms with E-state index in [1.807, 2.05) is 36.3 Å². The zero-order valence-corrected chi connectivity index (χ0v) is 13.7. The van der Waals surface area contributed by atoms with Crippen molar-refractivity contribution < 1.29 is 14.7 Å². The Balaban J connectivity index is 2.10. The maximum absolute atomic E-state index is 12.6. The molecule has 1 unspecified atom stereocenters. The Hall–Kier alpha value is -1.36. The van der Waals surface area contributed by atoms with Crippen LogP contribution in [0.1, 0.15) is 44.9 Å². The number of thiophene rings is 1. The van der Waals surface area contributed by atoms with Crippen LogP contribution in [0.5, 0.6) is 0 Å². The third-order valence-corrected chi connectivity index (χ3v) is 5.36. The molecule has 1 N–H and O–H groups in total. The minimum absolute atomic E-state index is 0.0375. The Kier molecular flexibility index (Phi) is 4.71. The van der Waals surface area contributed by atoms with Gasteiger partial charge in [0, 0.05) is 17.3 Å². The Morgan fingerprint density at radius 1 is 1.48 bits per heavy atom. The smallest absolute Gasteiger partial charge is 0.310 e. The number of nitrogens with zero attached hydrogens (tertiary/aromatic N) is 1. The maximum atomic E-state index is 12.6. The molecular formula is C16H23NO3S. The van der Waals surface area contributed by atoms with Crippen molar-refractivity contribution >= 4 is 23.2 Å². The Bertz CT molecular complexity index is 508. The van der Waals surface area contributed by atoms with Crippen LogP contribution in [0.4, 0.5) is 0 Å². The van der Waals surface area contributed by atoms with E-state index < -0.39 is 11.4 Å². The van der Waals surface area contributed by atoms with Gasteiger partial charge in [-0.2, -0.15) is 0 Å². The van der Waals surface area contributed by atoms with Crippen molar-refractivity contribution in [1.82, 2.24) is 4.90 Å². The summed E-state index contributed by atoms with van der Waals surface area (Å²) in [6, 6.07) is 4.29. The fourth-order valence-corrected chi connectivity index (χ4v) is 3.02. The molecule has 1 amide bonds. The summed E-state index contributed by atoms with van der Waals surface area (Å²) in [6.07, 6.45) is 2.13. The van der Waals surface area contributed by atoms with Crippen LogP contribution >= 0.6 is 11.3 Å². The van der Waals surface area contributed by atoms with Crippen LogP contribution in [0, 0.1) is 11.3 Å². The van der Waals surface area contributed by atoms with E-state index in [1.54, 1.807) is 18.3 Å². The highest BCUT2D eigenvalue weighted by atomic mass is 32.1. The third kappa shape index (κ3) is 3.64. The first-order valence-corrected chi connectivity index (χ1v) is 8.28. The second-order valence-corrected chi connectivity index (χ2v) is 7.42. The molecule has 2 rings (SSSR count). The number of carbonyl (C=O) groups excluding carboxylic acids is 1. The van der Waals surface area contributed by atoms with Gasteiger partial charge in [0.05, 0.1) is 12.0 Å². The molecule has 1 aromatic rings. The average molecular weight is 309 g/mol. The minimum Gasteiger partial charge on any atom is -0.481 e. The molecule has 1 aliphatic carbocycles. The van der Waals surface area contributed by atoms with E-state index in [-0.39, 0.29) is 18.2 Å². The van der Waals surface area contributed by atoms with E-state index >= 15 is 0 Å². The second-order valence-electron chi connectivity index (χ2n) is 6.39. The van der Waals surface area contributed by atoms with Gasteiger partial charge in [-0.15, -0.1) is 11.3 Å². The molecule has 1 fully saturated rings.